The topological polar surface area (TPSA) is 88.9 Å². The van der Waals surface area contributed by atoms with Crippen molar-refractivity contribution < 1.29 is 14.0 Å². The van der Waals surface area contributed by atoms with Gasteiger partial charge in [-0.2, -0.15) is 0 Å². The van der Waals surface area contributed by atoms with Crippen LogP contribution >= 0.6 is 11.8 Å². The number of hydrogen-bond donors (Lipinski definition) is 2. The molecule has 1 fully saturated rings. The third-order valence-corrected chi connectivity index (χ3v) is 5.76. The molecule has 4 rings (SSSR count). The average molecular weight is 452 g/mol. The number of carbonyl (C=O) groups excluding carboxylic acids is 2. The van der Waals surface area contributed by atoms with Crippen LogP contribution in [0.25, 0.3) is 11.4 Å². The van der Waals surface area contributed by atoms with Crippen molar-refractivity contribution in [2.24, 2.45) is 0 Å². The smallest absolute Gasteiger partial charge is 0.251 e. The van der Waals surface area contributed by atoms with Crippen molar-refractivity contribution in [3.63, 3.8) is 0 Å². The minimum Gasteiger partial charge on any atom is -0.349 e. The van der Waals surface area contributed by atoms with Crippen LogP contribution in [0.15, 0.2) is 66.3 Å². The number of allylic oxidation sites excluding steroid dienone is 1. The maximum absolute atomic E-state index is 14.2. The molecule has 0 radical (unpaired) electrons. The fourth-order valence-electron chi connectivity index (χ4n) is 3.09. The summed E-state index contributed by atoms with van der Waals surface area (Å²) >= 11 is 1.19. The van der Waals surface area contributed by atoms with E-state index >= 15 is 0 Å². The van der Waals surface area contributed by atoms with E-state index in [0.717, 1.165) is 12.8 Å². The number of anilines is 1. The summed E-state index contributed by atoms with van der Waals surface area (Å²) in [6, 6.07) is 13.4. The van der Waals surface area contributed by atoms with Crippen LogP contribution in [0.4, 0.5) is 10.1 Å². The zero-order valence-corrected chi connectivity index (χ0v) is 18.1. The zero-order valence-electron chi connectivity index (χ0n) is 17.3. The third kappa shape index (κ3) is 5.23. The molecule has 1 saturated carbocycles. The summed E-state index contributed by atoms with van der Waals surface area (Å²) in [6.45, 7) is 4.11. The Bertz CT molecular complexity index is 1160. The van der Waals surface area contributed by atoms with Gasteiger partial charge in [-0.15, -0.1) is 16.8 Å². The van der Waals surface area contributed by atoms with Gasteiger partial charge >= 0.3 is 0 Å². The van der Waals surface area contributed by atoms with Gasteiger partial charge in [-0.1, -0.05) is 36.0 Å². The van der Waals surface area contributed by atoms with Crippen LogP contribution in [-0.4, -0.2) is 38.4 Å². The number of aromatic nitrogens is 3. The van der Waals surface area contributed by atoms with Crippen molar-refractivity contribution in [3.05, 3.63) is 72.6 Å². The molecular formula is C23H22FN5O2S. The molecule has 1 aliphatic carbocycles. The first-order valence-electron chi connectivity index (χ1n) is 10.2. The van der Waals surface area contributed by atoms with Crippen LogP contribution in [0.2, 0.25) is 0 Å². The standard InChI is InChI=1S/C23H22FN5O2S/c1-2-12-29-21(18-8-3-4-9-19(18)24)27-28-23(29)32-14-20(30)25-17-7-5-6-15(13-17)22(31)26-16-10-11-16/h2-9,13,16H,1,10-12,14H2,(H,25,30)(H,26,31). The number of nitrogens with one attached hydrogen (secondary N) is 2. The molecule has 9 heteroatoms. The van der Waals surface area contributed by atoms with E-state index in [4.69, 9.17) is 0 Å². The first-order chi connectivity index (χ1) is 15.5. The van der Waals surface area contributed by atoms with Crippen LogP contribution in [0.3, 0.4) is 0 Å². The van der Waals surface area contributed by atoms with E-state index in [9.17, 15) is 14.0 Å². The molecule has 3 aromatic rings. The van der Waals surface area contributed by atoms with Crippen LogP contribution in [0, 0.1) is 5.82 Å². The highest BCUT2D eigenvalue weighted by Crippen LogP contribution is 2.26. The van der Waals surface area contributed by atoms with E-state index < -0.39 is 5.82 Å². The Balaban J connectivity index is 1.41. The molecule has 2 N–H and O–H groups in total. The van der Waals surface area contributed by atoms with Gasteiger partial charge in [0.25, 0.3) is 5.91 Å². The molecule has 1 heterocycles. The summed E-state index contributed by atoms with van der Waals surface area (Å²) in [5, 5.41) is 14.5. The van der Waals surface area contributed by atoms with E-state index in [1.54, 1.807) is 53.1 Å². The van der Waals surface area contributed by atoms with Crippen molar-refractivity contribution in [3.8, 4) is 11.4 Å². The lowest BCUT2D eigenvalue weighted by Crippen LogP contribution is -2.25. The molecule has 0 unspecified atom stereocenters. The van der Waals surface area contributed by atoms with Gasteiger partial charge in [0.15, 0.2) is 11.0 Å². The van der Waals surface area contributed by atoms with Crippen molar-refractivity contribution in [1.82, 2.24) is 20.1 Å². The van der Waals surface area contributed by atoms with Crippen molar-refractivity contribution >= 4 is 29.3 Å². The van der Waals surface area contributed by atoms with Gasteiger partial charge in [0.05, 0.1) is 11.3 Å². The molecule has 0 spiro atoms. The van der Waals surface area contributed by atoms with E-state index in [-0.39, 0.29) is 23.6 Å². The summed E-state index contributed by atoms with van der Waals surface area (Å²) in [5.74, 6) is -0.345. The van der Waals surface area contributed by atoms with Crippen molar-refractivity contribution in [2.45, 2.75) is 30.6 Å². The highest BCUT2D eigenvalue weighted by molar-refractivity contribution is 7.99. The maximum Gasteiger partial charge on any atom is 0.251 e. The molecule has 2 amide bonds. The number of amides is 2. The molecule has 7 nitrogen and oxygen atoms in total. The monoisotopic (exact) mass is 451 g/mol. The minimum atomic E-state index is -0.398. The Morgan fingerprint density at radius 1 is 1.19 bits per heavy atom. The van der Waals surface area contributed by atoms with Gasteiger partial charge in [0.2, 0.25) is 5.91 Å². The molecule has 0 saturated heterocycles. The van der Waals surface area contributed by atoms with E-state index in [2.05, 4.69) is 27.4 Å². The molecule has 0 bridgehead atoms. The molecule has 1 aliphatic rings. The zero-order chi connectivity index (χ0) is 22.5. The summed E-state index contributed by atoms with van der Waals surface area (Å²) in [5.41, 5.74) is 1.38. The second-order valence-corrected chi connectivity index (χ2v) is 8.29. The molecule has 0 atom stereocenters. The maximum atomic E-state index is 14.2. The van der Waals surface area contributed by atoms with Gasteiger partial charge in [-0.3, -0.25) is 14.2 Å². The Hall–Kier alpha value is -3.46. The van der Waals surface area contributed by atoms with Crippen LogP contribution in [-0.2, 0) is 11.3 Å². The number of benzene rings is 2. The number of rotatable bonds is 9. The lowest BCUT2D eigenvalue weighted by atomic mass is 10.2. The van der Waals surface area contributed by atoms with E-state index in [1.807, 2.05) is 0 Å². The summed E-state index contributed by atoms with van der Waals surface area (Å²) in [7, 11) is 0. The predicted molar refractivity (Wildman–Crippen MR) is 122 cm³/mol. The van der Waals surface area contributed by atoms with Gasteiger partial charge in [0.1, 0.15) is 5.82 Å². The Morgan fingerprint density at radius 2 is 2.00 bits per heavy atom. The fourth-order valence-corrected chi connectivity index (χ4v) is 3.84. The Kier molecular flexibility index (Phi) is 6.65. The van der Waals surface area contributed by atoms with Gasteiger partial charge in [0, 0.05) is 23.8 Å². The third-order valence-electron chi connectivity index (χ3n) is 4.80. The second kappa shape index (κ2) is 9.78. The van der Waals surface area contributed by atoms with Gasteiger partial charge in [-0.25, -0.2) is 4.39 Å². The minimum absolute atomic E-state index is 0.0745. The lowest BCUT2D eigenvalue weighted by molar-refractivity contribution is -0.113. The number of hydrogen-bond acceptors (Lipinski definition) is 5. The molecule has 32 heavy (non-hydrogen) atoms. The first-order valence-corrected chi connectivity index (χ1v) is 11.2. The number of thioether (sulfide) groups is 1. The fraction of sp³-hybridized carbons (Fsp3) is 0.217. The number of halogens is 1. The largest absolute Gasteiger partial charge is 0.349 e. The highest BCUT2D eigenvalue weighted by Gasteiger charge is 2.24. The quantitative estimate of drug-likeness (QED) is 0.381. The summed E-state index contributed by atoms with van der Waals surface area (Å²) in [4.78, 5) is 24.7. The van der Waals surface area contributed by atoms with Crippen molar-refractivity contribution in [2.75, 3.05) is 11.1 Å². The molecule has 1 aromatic heterocycles. The predicted octanol–water partition coefficient (Wildman–Crippen LogP) is 3.89. The Morgan fingerprint density at radius 3 is 2.75 bits per heavy atom. The average Bonchev–Trinajstić information content (AvgIpc) is 3.52. The lowest BCUT2D eigenvalue weighted by Gasteiger charge is -2.09. The second-order valence-electron chi connectivity index (χ2n) is 7.35. The Labute approximate surface area is 189 Å². The highest BCUT2D eigenvalue weighted by atomic mass is 32.2. The molecule has 164 valence electrons. The molecule has 2 aromatic carbocycles. The van der Waals surface area contributed by atoms with Gasteiger partial charge in [-0.05, 0) is 43.2 Å². The number of nitrogens with zero attached hydrogens (tertiary/aromatic N) is 3. The summed E-state index contributed by atoms with van der Waals surface area (Å²) in [6.07, 6.45) is 3.68. The van der Waals surface area contributed by atoms with Gasteiger partial charge < -0.3 is 10.6 Å². The summed E-state index contributed by atoms with van der Waals surface area (Å²) < 4.78 is 15.9. The number of carbonyl (C=O) groups is 2. The SMILES string of the molecule is C=CCn1c(SCC(=O)Nc2cccc(C(=O)NC3CC3)c2)nnc1-c1ccccc1F. The van der Waals surface area contributed by atoms with E-state index in [0.29, 0.717) is 34.3 Å². The first kappa shape index (κ1) is 21.8. The van der Waals surface area contributed by atoms with E-state index in [1.165, 1.54) is 17.8 Å². The van der Waals surface area contributed by atoms with Crippen LogP contribution in [0.1, 0.15) is 23.2 Å². The molecular weight excluding hydrogens is 429 g/mol. The van der Waals surface area contributed by atoms with Crippen LogP contribution in [0.5, 0.6) is 0 Å². The van der Waals surface area contributed by atoms with Crippen molar-refractivity contribution in [1.29, 1.82) is 0 Å². The van der Waals surface area contributed by atoms with Crippen LogP contribution < -0.4 is 10.6 Å². The molecule has 0 aliphatic heterocycles. The normalized spacial score (nSPS) is 12.9.